The van der Waals surface area contributed by atoms with E-state index in [0.29, 0.717) is 23.5 Å². The summed E-state index contributed by atoms with van der Waals surface area (Å²) in [5.74, 6) is 0.767. The molecule has 0 heterocycles. The number of hydrogen-bond donors (Lipinski definition) is 1. The lowest BCUT2D eigenvalue weighted by Gasteiger charge is -2.13. The van der Waals surface area contributed by atoms with Crippen LogP contribution in [0.15, 0.2) is 12.1 Å². The van der Waals surface area contributed by atoms with E-state index in [1.807, 2.05) is 6.92 Å². The number of methoxy groups -OCH3 is 2. The van der Waals surface area contributed by atoms with Crippen molar-refractivity contribution in [1.82, 2.24) is 0 Å². The first-order valence-corrected chi connectivity index (χ1v) is 5.21. The lowest BCUT2D eigenvalue weighted by molar-refractivity contribution is -0.385. The second kappa shape index (κ2) is 5.49. The van der Waals surface area contributed by atoms with E-state index in [4.69, 9.17) is 15.2 Å². The topological polar surface area (TPSA) is 87.6 Å². The van der Waals surface area contributed by atoms with E-state index >= 15 is 0 Å². The van der Waals surface area contributed by atoms with Crippen molar-refractivity contribution in [2.45, 2.75) is 19.4 Å². The normalized spacial score (nSPS) is 12.0. The van der Waals surface area contributed by atoms with E-state index in [2.05, 4.69) is 0 Å². The van der Waals surface area contributed by atoms with Gasteiger partial charge in [-0.2, -0.15) is 0 Å². The third kappa shape index (κ3) is 2.65. The smallest absolute Gasteiger partial charge is 0.278 e. The lowest BCUT2D eigenvalue weighted by Crippen LogP contribution is -2.11. The molecule has 0 unspecified atom stereocenters. The van der Waals surface area contributed by atoms with Crippen molar-refractivity contribution in [2.24, 2.45) is 5.73 Å². The van der Waals surface area contributed by atoms with Gasteiger partial charge in [0.25, 0.3) is 5.69 Å². The molecule has 0 saturated carbocycles. The molecule has 0 aliphatic carbocycles. The highest BCUT2D eigenvalue weighted by atomic mass is 16.6. The van der Waals surface area contributed by atoms with E-state index in [9.17, 15) is 10.1 Å². The molecule has 17 heavy (non-hydrogen) atoms. The molecule has 2 N–H and O–H groups in total. The van der Waals surface area contributed by atoms with Crippen molar-refractivity contribution in [2.75, 3.05) is 14.2 Å². The number of nitrogens with zero attached hydrogens (tertiary/aromatic N) is 1. The standard InChI is InChI=1S/C11H16N2O4/c1-4-8(12)7-5-10(16-2)11(17-3)6-9(7)13(14)15/h5-6,8H,4,12H2,1-3H3/t8-/m0/s1. The Hall–Kier alpha value is -1.82. The average Bonchev–Trinajstić information content (AvgIpc) is 2.35. The summed E-state index contributed by atoms with van der Waals surface area (Å²) in [5.41, 5.74) is 6.26. The Bertz CT molecular complexity index is 420. The van der Waals surface area contributed by atoms with Gasteiger partial charge >= 0.3 is 0 Å². The quantitative estimate of drug-likeness (QED) is 0.628. The maximum atomic E-state index is 11.0. The zero-order valence-electron chi connectivity index (χ0n) is 10.1. The Labute approximate surface area is 99.5 Å². The number of hydrogen-bond acceptors (Lipinski definition) is 5. The summed E-state index contributed by atoms with van der Waals surface area (Å²) in [6.07, 6.45) is 0.607. The molecule has 0 saturated heterocycles. The summed E-state index contributed by atoms with van der Waals surface area (Å²) < 4.78 is 10.1. The minimum absolute atomic E-state index is 0.0444. The zero-order chi connectivity index (χ0) is 13.0. The highest BCUT2D eigenvalue weighted by molar-refractivity contribution is 5.55. The molecule has 0 radical (unpaired) electrons. The second-order valence-electron chi connectivity index (χ2n) is 3.54. The Balaban J connectivity index is 3.40. The number of ether oxygens (including phenoxy) is 2. The average molecular weight is 240 g/mol. The molecule has 0 aromatic heterocycles. The van der Waals surface area contributed by atoms with Crippen LogP contribution in [-0.4, -0.2) is 19.1 Å². The van der Waals surface area contributed by atoms with Crippen LogP contribution in [0.3, 0.4) is 0 Å². The molecule has 1 aromatic rings. The minimum Gasteiger partial charge on any atom is -0.493 e. The van der Waals surface area contributed by atoms with Gasteiger partial charge in [0.2, 0.25) is 0 Å². The maximum Gasteiger partial charge on any atom is 0.278 e. The van der Waals surface area contributed by atoms with Gasteiger partial charge in [-0.05, 0) is 12.5 Å². The molecule has 0 fully saturated rings. The van der Waals surface area contributed by atoms with Crippen molar-refractivity contribution in [1.29, 1.82) is 0 Å². The molecule has 0 bridgehead atoms. The van der Waals surface area contributed by atoms with Gasteiger partial charge in [0.05, 0.1) is 30.8 Å². The number of nitro groups is 1. The van der Waals surface area contributed by atoms with Crippen LogP contribution in [0.1, 0.15) is 24.9 Å². The van der Waals surface area contributed by atoms with Crippen LogP contribution < -0.4 is 15.2 Å². The van der Waals surface area contributed by atoms with Crippen molar-refractivity contribution in [3.8, 4) is 11.5 Å². The van der Waals surface area contributed by atoms with E-state index in [1.165, 1.54) is 20.3 Å². The van der Waals surface area contributed by atoms with Crippen molar-refractivity contribution < 1.29 is 14.4 Å². The molecule has 0 aliphatic rings. The van der Waals surface area contributed by atoms with Gasteiger partial charge in [-0.15, -0.1) is 0 Å². The van der Waals surface area contributed by atoms with Crippen LogP contribution in [0.5, 0.6) is 11.5 Å². The molecule has 1 atom stereocenters. The Morgan fingerprint density at radius 2 is 1.88 bits per heavy atom. The first kappa shape index (κ1) is 13.2. The van der Waals surface area contributed by atoms with Crippen LogP contribution in [0.2, 0.25) is 0 Å². The fourth-order valence-electron chi connectivity index (χ4n) is 1.56. The fraction of sp³-hybridized carbons (Fsp3) is 0.455. The van der Waals surface area contributed by atoms with Crippen LogP contribution >= 0.6 is 0 Å². The molecule has 0 aliphatic heterocycles. The Kier molecular flexibility index (Phi) is 4.28. The number of nitro benzene ring substituents is 1. The number of benzene rings is 1. The summed E-state index contributed by atoms with van der Waals surface area (Å²) in [6.45, 7) is 1.87. The SMILES string of the molecule is CC[C@H](N)c1cc(OC)c(OC)cc1[N+](=O)[O-]. The summed E-state index contributed by atoms with van der Waals surface area (Å²) >= 11 is 0. The summed E-state index contributed by atoms with van der Waals surface area (Å²) in [5, 5.41) is 11.0. The first-order valence-electron chi connectivity index (χ1n) is 5.21. The van der Waals surface area contributed by atoms with Gasteiger partial charge in [-0.25, -0.2) is 0 Å². The second-order valence-corrected chi connectivity index (χ2v) is 3.54. The monoisotopic (exact) mass is 240 g/mol. The van der Waals surface area contributed by atoms with Crippen LogP contribution in [0, 0.1) is 10.1 Å². The van der Waals surface area contributed by atoms with Crippen molar-refractivity contribution >= 4 is 5.69 Å². The molecule has 1 rings (SSSR count). The summed E-state index contributed by atoms with van der Waals surface area (Å²) in [4.78, 5) is 10.5. The van der Waals surface area contributed by atoms with Gasteiger partial charge < -0.3 is 15.2 Å². The molecule has 6 heteroatoms. The highest BCUT2D eigenvalue weighted by Gasteiger charge is 2.22. The number of nitrogens with two attached hydrogens (primary N) is 1. The third-order valence-corrected chi connectivity index (χ3v) is 2.57. The van der Waals surface area contributed by atoms with Crippen molar-refractivity contribution in [3.63, 3.8) is 0 Å². The Morgan fingerprint density at radius 3 is 2.29 bits per heavy atom. The van der Waals surface area contributed by atoms with Crippen LogP contribution in [0.25, 0.3) is 0 Å². The number of rotatable bonds is 5. The first-order chi connectivity index (χ1) is 8.04. The third-order valence-electron chi connectivity index (χ3n) is 2.57. The van der Waals surface area contributed by atoms with Gasteiger partial charge in [-0.3, -0.25) is 10.1 Å². The molecule has 94 valence electrons. The largest absolute Gasteiger partial charge is 0.493 e. The molecule has 0 spiro atoms. The van der Waals surface area contributed by atoms with Gasteiger partial charge in [0.15, 0.2) is 11.5 Å². The van der Waals surface area contributed by atoms with E-state index < -0.39 is 11.0 Å². The summed E-state index contributed by atoms with van der Waals surface area (Å²) in [7, 11) is 2.91. The predicted octanol–water partition coefficient (Wildman–Crippen LogP) is 2.02. The van der Waals surface area contributed by atoms with Gasteiger partial charge in [0, 0.05) is 6.04 Å². The molecule has 6 nitrogen and oxygen atoms in total. The zero-order valence-corrected chi connectivity index (χ0v) is 10.1. The predicted molar refractivity (Wildman–Crippen MR) is 63.4 cm³/mol. The lowest BCUT2D eigenvalue weighted by atomic mass is 10.0. The summed E-state index contributed by atoms with van der Waals surface area (Å²) in [6, 6.07) is 2.50. The van der Waals surface area contributed by atoms with E-state index in [1.54, 1.807) is 6.07 Å². The van der Waals surface area contributed by atoms with Gasteiger partial charge in [0.1, 0.15) is 0 Å². The Morgan fingerprint density at radius 1 is 1.35 bits per heavy atom. The molecular formula is C11H16N2O4. The van der Waals surface area contributed by atoms with E-state index in [-0.39, 0.29) is 5.69 Å². The fourth-order valence-corrected chi connectivity index (χ4v) is 1.56. The minimum atomic E-state index is -0.465. The molecule has 0 amide bonds. The molecule has 1 aromatic carbocycles. The maximum absolute atomic E-state index is 11.0. The highest BCUT2D eigenvalue weighted by Crippen LogP contribution is 2.37. The molecular weight excluding hydrogens is 224 g/mol. The van der Waals surface area contributed by atoms with Crippen molar-refractivity contribution in [3.05, 3.63) is 27.8 Å². The van der Waals surface area contributed by atoms with Crippen LogP contribution in [0.4, 0.5) is 5.69 Å². The van der Waals surface area contributed by atoms with E-state index in [0.717, 1.165) is 0 Å². The van der Waals surface area contributed by atoms with Gasteiger partial charge in [-0.1, -0.05) is 6.92 Å². The van der Waals surface area contributed by atoms with Crippen LogP contribution in [-0.2, 0) is 0 Å².